The Bertz CT molecular complexity index is 358. The van der Waals surface area contributed by atoms with Gasteiger partial charge in [0.05, 0.1) is 18.8 Å². The Hall–Kier alpha value is -1.20. The molecular formula is C11H18N4O. The van der Waals surface area contributed by atoms with E-state index in [1.807, 2.05) is 13.0 Å². The van der Waals surface area contributed by atoms with E-state index >= 15 is 0 Å². The molecule has 0 amide bonds. The van der Waals surface area contributed by atoms with Gasteiger partial charge in [0, 0.05) is 25.0 Å². The first kappa shape index (κ1) is 11.3. The maximum Gasteiger partial charge on any atom is 0.225 e. The summed E-state index contributed by atoms with van der Waals surface area (Å²) in [7, 11) is 0. The summed E-state index contributed by atoms with van der Waals surface area (Å²) in [4.78, 5) is 10.9. The van der Waals surface area contributed by atoms with E-state index in [-0.39, 0.29) is 6.10 Å². The molecule has 2 N–H and O–H groups in total. The fourth-order valence-electron chi connectivity index (χ4n) is 1.81. The van der Waals surface area contributed by atoms with Crippen LogP contribution in [0.1, 0.15) is 12.6 Å². The molecular weight excluding hydrogens is 204 g/mol. The van der Waals surface area contributed by atoms with Crippen molar-refractivity contribution in [1.29, 1.82) is 0 Å². The minimum atomic E-state index is 0.0836. The number of rotatable bonds is 2. The molecule has 5 nitrogen and oxygen atoms in total. The molecule has 2 heterocycles. The molecule has 1 aliphatic rings. The molecule has 16 heavy (non-hydrogen) atoms. The number of nitrogens with two attached hydrogens (primary N) is 1. The van der Waals surface area contributed by atoms with Crippen molar-refractivity contribution < 1.29 is 4.74 Å². The molecule has 1 aromatic rings. The molecule has 2 atom stereocenters. The molecule has 0 aliphatic carbocycles. The number of morpholine rings is 1. The monoisotopic (exact) mass is 222 g/mol. The summed E-state index contributed by atoms with van der Waals surface area (Å²) in [5.41, 5.74) is 6.61. The van der Waals surface area contributed by atoms with Gasteiger partial charge < -0.3 is 15.4 Å². The highest BCUT2D eigenvalue weighted by molar-refractivity contribution is 5.32. The van der Waals surface area contributed by atoms with Crippen LogP contribution in [0.2, 0.25) is 0 Å². The number of aryl methyl sites for hydroxylation is 1. The van der Waals surface area contributed by atoms with Gasteiger partial charge in [-0.1, -0.05) is 0 Å². The van der Waals surface area contributed by atoms with Crippen molar-refractivity contribution in [2.24, 2.45) is 5.73 Å². The summed E-state index contributed by atoms with van der Waals surface area (Å²) < 4.78 is 5.60. The van der Waals surface area contributed by atoms with Gasteiger partial charge in [-0.3, -0.25) is 0 Å². The molecule has 0 bridgehead atoms. The van der Waals surface area contributed by atoms with Crippen molar-refractivity contribution in [3.63, 3.8) is 0 Å². The van der Waals surface area contributed by atoms with Crippen molar-refractivity contribution in [3.05, 3.63) is 18.0 Å². The summed E-state index contributed by atoms with van der Waals surface area (Å²) in [5, 5.41) is 0. The molecule has 0 aromatic carbocycles. The zero-order valence-corrected chi connectivity index (χ0v) is 9.76. The first-order valence-corrected chi connectivity index (χ1v) is 5.58. The van der Waals surface area contributed by atoms with Gasteiger partial charge in [-0.15, -0.1) is 0 Å². The summed E-state index contributed by atoms with van der Waals surface area (Å²) >= 11 is 0. The number of nitrogens with zero attached hydrogens (tertiary/aromatic N) is 3. The third-order valence-corrected chi connectivity index (χ3v) is 2.81. The van der Waals surface area contributed by atoms with Gasteiger partial charge in [-0.25, -0.2) is 9.97 Å². The van der Waals surface area contributed by atoms with E-state index in [0.717, 1.165) is 18.2 Å². The molecule has 88 valence electrons. The molecule has 0 spiro atoms. The topological polar surface area (TPSA) is 64.3 Å². The second-order valence-corrected chi connectivity index (χ2v) is 4.19. The van der Waals surface area contributed by atoms with Crippen LogP contribution in [-0.2, 0) is 4.74 Å². The normalized spacial score (nSPS) is 25.8. The second-order valence-electron chi connectivity index (χ2n) is 4.19. The molecule has 1 fully saturated rings. The van der Waals surface area contributed by atoms with Crippen LogP contribution < -0.4 is 10.6 Å². The largest absolute Gasteiger partial charge is 0.373 e. The average Bonchev–Trinajstić information content (AvgIpc) is 2.30. The molecule has 0 saturated carbocycles. The summed E-state index contributed by atoms with van der Waals surface area (Å²) in [5.74, 6) is 0.772. The maximum atomic E-state index is 5.63. The quantitative estimate of drug-likeness (QED) is 0.781. The predicted molar refractivity (Wildman–Crippen MR) is 62.4 cm³/mol. The Morgan fingerprint density at radius 1 is 1.62 bits per heavy atom. The third-order valence-electron chi connectivity index (χ3n) is 2.81. The zero-order chi connectivity index (χ0) is 11.5. The van der Waals surface area contributed by atoms with Gasteiger partial charge >= 0.3 is 0 Å². The predicted octanol–water partition coefficient (Wildman–Crippen LogP) is 0.337. The Labute approximate surface area is 95.6 Å². The number of hydrogen-bond acceptors (Lipinski definition) is 5. The molecule has 1 saturated heterocycles. The average molecular weight is 222 g/mol. The van der Waals surface area contributed by atoms with Crippen LogP contribution in [-0.4, -0.2) is 41.8 Å². The second kappa shape index (κ2) is 4.76. The highest BCUT2D eigenvalue weighted by Gasteiger charge is 2.26. The Morgan fingerprint density at radius 3 is 3.12 bits per heavy atom. The van der Waals surface area contributed by atoms with Crippen molar-refractivity contribution >= 4 is 5.95 Å². The summed E-state index contributed by atoms with van der Waals surface area (Å²) in [6, 6.07) is 2.19. The lowest BCUT2D eigenvalue weighted by atomic mass is 10.2. The smallest absolute Gasteiger partial charge is 0.225 e. The first-order chi connectivity index (χ1) is 7.70. The van der Waals surface area contributed by atoms with E-state index < -0.39 is 0 Å². The number of anilines is 1. The van der Waals surface area contributed by atoms with E-state index in [0.29, 0.717) is 19.2 Å². The van der Waals surface area contributed by atoms with Gasteiger partial charge in [0.25, 0.3) is 0 Å². The maximum absolute atomic E-state index is 5.63. The Balaban J connectivity index is 2.17. The SMILES string of the molecule is Cc1ccnc(N2CC(CN)OCC2C)n1. The molecule has 1 aromatic heterocycles. The van der Waals surface area contributed by atoms with Gasteiger partial charge in [0.15, 0.2) is 0 Å². The minimum absolute atomic E-state index is 0.0836. The van der Waals surface area contributed by atoms with E-state index in [2.05, 4.69) is 21.8 Å². The fraction of sp³-hybridized carbons (Fsp3) is 0.636. The number of hydrogen-bond donors (Lipinski definition) is 1. The van der Waals surface area contributed by atoms with Crippen LogP contribution in [0.3, 0.4) is 0 Å². The van der Waals surface area contributed by atoms with E-state index in [1.165, 1.54) is 0 Å². The fourth-order valence-corrected chi connectivity index (χ4v) is 1.81. The Kier molecular flexibility index (Phi) is 3.36. The van der Waals surface area contributed by atoms with E-state index in [4.69, 9.17) is 10.5 Å². The summed E-state index contributed by atoms with van der Waals surface area (Å²) in [6.07, 6.45) is 1.87. The van der Waals surface area contributed by atoms with Crippen molar-refractivity contribution in [3.8, 4) is 0 Å². The molecule has 2 unspecified atom stereocenters. The van der Waals surface area contributed by atoms with Gasteiger partial charge in [0.2, 0.25) is 5.95 Å². The highest BCUT2D eigenvalue weighted by Crippen LogP contribution is 2.17. The van der Waals surface area contributed by atoms with E-state index in [9.17, 15) is 0 Å². The standard InChI is InChI=1S/C11H18N4O/c1-8-3-4-13-11(14-8)15-6-10(5-12)16-7-9(15)2/h3-4,9-10H,5-7,12H2,1-2H3. The molecule has 2 rings (SSSR count). The lowest BCUT2D eigenvalue weighted by Crippen LogP contribution is -2.51. The minimum Gasteiger partial charge on any atom is -0.373 e. The van der Waals surface area contributed by atoms with Crippen LogP contribution in [0.5, 0.6) is 0 Å². The molecule has 0 radical (unpaired) electrons. The van der Waals surface area contributed by atoms with Crippen LogP contribution >= 0.6 is 0 Å². The van der Waals surface area contributed by atoms with E-state index in [1.54, 1.807) is 6.20 Å². The van der Waals surface area contributed by atoms with Crippen molar-refractivity contribution in [2.75, 3.05) is 24.6 Å². The number of ether oxygens (including phenoxy) is 1. The zero-order valence-electron chi connectivity index (χ0n) is 9.76. The Morgan fingerprint density at radius 2 is 2.44 bits per heavy atom. The third kappa shape index (κ3) is 2.31. The van der Waals surface area contributed by atoms with Gasteiger partial charge in [-0.05, 0) is 19.9 Å². The lowest BCUT2D eigenvalue weighted by Gasteiger charge is -2.37. The van der Waals surface area contributed by atoms with Crippen LogP contribution in [0, 0.1) is 6.92 Å². The first-order valence-electron chi connectivity index (χ1n) is 5.58. The van der Waals surface area contributed by atoms with Crippen LogP contribution in [0.25, 0.3) is 0 Å². The lowest BCUT2D eigenvalue weighted by molar-refractivity contribution is 0.0276. The van der Waals surface area contributed by atoms with Crippen molar-refractivity contribution in [2.45, 2.75) is 26.0 Å². The molecule has 1 aliphatic heterocycles. The van der Waals surface area contributed by atoms with Gasteiger partial charge in [-0.2, -0.15) is 0 Å². The van der Waals surface area contributed by atoms with Crippen LogP contribution in [0.15, 0.2) is 12.3 Å². The van der Waals surface area contributed by atoms with Crippen molar-refractivity contribution in [1.82, 2.24) is 9.97 Å². The van der Waals surface area contributed by atoms with Gasteiger partial charge in [0.1, 0.15) is 0 Å². The summed E-state index contributed by atoms with van der Waals surface area (Å²) in [6.45, 7) is 6.06. The van der Waals surface area contributed by atoms with Crippen LogP contribution in [0.4, 0.5) is 5.95 Å². The molecule has 5 heteroatoms. The highest BCUT2D eigenvalue weighted by atomic mass is 16.5. The number of aromatic nitrogens is 2.